The van der Waals surface area contributed by atoms with Crippen molar-refractivity contribution in [2.45, 2.75) is 12.7 Å². The lowest BCUT2D eigenvalue weighted by atomic mass is 10.2. The quantitative estimate of drug-likeness (QED) is 0.649. The molecule has 0 aliphatic rings. The highest BCUT2D eigenvalue weighted by Crippen LogP contribution is 2.27. The number of nitro groups is 1. The van der Waals surface area contributed by atoms with Crippen molar-refractivity contribution >= 4 is 23.4 Å². The van der Waals surface area contributed by atoms with Crippen molar-refractivity contribution in [2.75, 3.05) is 4.90 Å². The van der Waals surface area contributed by atoms with Gasteiger partial charge < -0.3 is 9.52 Å². The molecule has 0 bridgehead atoms. The average Bonchev–Trinajstić information content (AvgIpc) is 3.00. The van der Waals surface area contributed by atoms with Gasteiger partial charge in [0.05, 0.1) is 18.2 Å². The topological polar surface area (TPSA) is 114 Å². The van der Waals surface area contributed by atoms with Crippen LogP contribution in [0.1, 0.15) is 16.1 Å². The average molecular weight is 358 g/mol. The van der Waals surface area contributed by atoms with Crippen LogP contribution in [0.5, 0.6) is 0 Å². The van der Waals surface area contributed by atoms with E-state index in [9.17, 15) is 32.9 Å². The largest absolute Gasteiger partial charge is 0.478 e. The predicted molar refractivity (Wildman–Crippen MR) is 76.0 cm³/mol. The van der Waals surface area contributed by atoms with E-state index >= 15 is 0 Å². The molecule has 0 saturated carbocycles. The Labute approximate surface area is 137 Å². The van der Waals surface area contributed by atoms with Crippen LogP contribution in [0.4, 0.5) is 24.7 Å². The molecular weight excluding hydrogens is 349 g/mol. The van der Waals surface area contributed by atoms with Crippen LogP contribution < -0.4 is 4.90 Å². The zero-order valence-electron chi connectivity index (χ0n) is 12.2. The maximum absolute atomic E-state index is 12.8. The molecule has 0 aliphatic heterocycles. The Morgan fingerprint density at radius 3 is 2.20 bits per heavy atom. The van der Waals surface area contributed by atoms with E-state index in [1.54, 1.807) is 0 Å². The Morgan fingerprint density at radius 2 is 1.76 bits per heavy atom. The lowest BCUT2D eigenvalue weighted by molar-refractivity contribution is -0.402. The van der Waals surface area contributed by atoms with Crippen molar-refractivity contribution in [2.24, 2.45) is 0 Å². The van der Waals surface area contributed by atoms with Crippen molar-refractivity contribution < 1.29 is 37.2 Å². The lowest BCUT2D eigenvalue weighted by Crippen LogP contribution is -2.40. The van der Waals surface area contributed by atoms with E-state index in [2.05, 4.69) is 0 Å². The first kappa shape index (κ1) is 18.0. The number of anilines is 1. The summed E-state index contributed by atoms with van der Waals surface area (Å²) in [4.78, 5) is 32.4. The van der Waals surface area contributed by atoms with Crippen LogP contribution in [0.25, 0.3) is 0 Å². The van der Waals surface area contributed by atoms with E-state index < -0.39 is 35.4 Å². The smallest absolute Gasteiger partial charge is 0.471 e. The molecule has 0 fully saturated rings. The summed E-state index contributed by atoms with van der Waals surface area (Å²) in [6, 6.07) is 6.10. The molecule has 132 valence electrons. The number of rotatable bonds is 5. The van der Waals surface area contributed by atoms with Crippen LogP contribution in [0.2, 0.25) is 0 Å². The molecule has 0 spiro atoms. The molecule has 0 saturated heterocycles. The number of aromatic carboxylic acids is 1. The van der Waals surface area contributed by atoms with E-state index in [1.807, 2.05) is 0 Å². The number of hydrogen-bond donors (Lipinski definition) is 1. The van der Waals surface area contributed by atoms with Gasteiger partial charge in [-0.1, -0.05) is 0 Å². The Morgan fingerprint density at radius 1 is 1.16 bits per heavy atom. The number of hydrogen-bond acceptors (Lipinski definition) is 5. The van der Waals surface area contributed by atoms with Gasteiger partial charge in [0.25, 0.3) is 0 Å². The Hall–Kier alpha value is -3.37. The highest BCUT2D eigenvalue weighted by Gasteiger charge is 2.43. The molecule has 0 radical (unpaired) electrons. The van der Waals surface area contributed by atoms with Gasteiger partial charge in [-0.05, 0) is 30.3 Å². The first-order valence-corrected chi connectivity index (χ1v) is 6.54. The summed E-state index contributed by atoms with van der Waals surface area (Å²) in [5.74, 6) is -4.45. The molecule has 1 aromatic carbocycles. The van der Waals surface area contributed by atoms with E-state index in [1.165, 1.54) is 0 Å². The maximum Gasteiger partial charge on any atom is 0.471 e. The van der Waals surface area contributed by atoms with Gasteiger partial charge in [-0.25, -0.2) is 4.79 Å². The Bertz CT molecular complexity index is 813. The van der Waals surface area contributed by atoms with E-state index in [4.69, 9.17) is 9.52 Å². The second-order valence-corrected chi connectivity index (χ2v) is 4.74. The number of nitrogens with zero attached hydrogens (tertiary/aromatic N) is 2. The van der Waals surface area contributed by atoms with Gasteiger partial charge in [0, 0.05) is 5.69 Å². The van der Waals surface area contributed by atoms with Gasteiger partial charge in [0.15, 0.2) is 0 Å². The molecule has 11 heteroatoms. The number of amides is 1. The monoisotopic (exact) mass is 358 g/mol. The van der Waals surface area contributed by atoms with Gasteiger partial charge in [0.1, 0.15) is 10.7 Å². The maximum atomic E-state index is 12.8. The molecule has 1 heterocycles. The number of alkyl halides is 3. The molecule has 0 aliphatic carbocycles. The number of carbonyl (C=O) groups is 2. The van der Waals surface area contributed by atoms with Gasteiger partial charge >= 0.3 is 23.9 Å². The van der Waals surface area contributed by atoms with Crippen LogP contribution >= 0.6 is 0 Å². The zero-order valence-corrected chi connectivity index (χ0v) is 12.2. The number of furan rings is 1. The third kappa shape index (κ3) is 4.13. The fourth-order valence-corrected chi connectivity index (χ4v) is 1.92. The second kappa shape index (κ2) is 6.63. The van der Waals surface area contributed by atoms with Crippen LogP contribution in [-0.2, 0) is 11.3 Å². The summed E-state index contributed by atoms with van der Waals surface area (Å²) in [5.41, 5.74) is -0.428. The molecule has 1 amide bonds. The summed E-state index contributed by atoms with van der Waals surface area (Å²) < 4.78 is 43.2. The van der Waals surface area contributed by atoms with Gasteiger partial charge in [-0.2, -0.15) is 13.2 Å². The summed E-state index contributed by atoms with van der Waals surface area (Å²) >= 11 is 0. The molecule has 8 nitrogen and oxygen atoms in total. The fourth-order valence-electron chi connectivity index (χ4n) is 1.92. The Kier molecular flexibility index (Phi) is 4.77. The highest BCUT2D eigenvalue weighted by atomic mass is 19.4. The number of carboxylic acids is 1. The molecule has 0 unspecified atom stereocenters. The predicted octanol–water partition coefficient (Wildman–Crippen LogP) is 2.98. The molecular formula is C14H9F3N2O6. The first-order chi connectivity index (χ1) is 11.6. The fraction of sp³-hybridized carbons (Fsp3) is 0.143. The zero-order chi connectivity index (χ0) is 18.8. The third-order valence-electron chi connectivity index (χ3n) is 3.05. The van der Waals surface area contributed by atoms with Crippen molar-refractivity contribution in [3.05, 3.63) is 57.8 Å². The number of carboxylic acid groups (broad SMARTS) is 1. The van der Waals surface area contributed by atoms with Crippen LogP contribution in [0, 0.1) is 10.1 Å². The van der Waals surface area contributed by atoms with E-state index in [0.29, 0.717) is 0 Å². The molecule has 25 heavy (non-hydrogen) atoms. The Balaban J connectivity index is 2.37. The van der Waals surface area contributed by atoms with Crippen molar-refractivity contribution in [1.29, 1.82) is 0 Å². The van der Waals surface area contributed by atoms with Gasteiger partial charge in [-0.3, -0.25) is 19.8 Å². The number of benzene rings is 1. The minimum absolute atomic E-state index is 0.184. The molecule has 1 aromatic heterocycles. The standard InChI is InChI=1S/C14H9F3N2O6/c15-14(16,17)13(22)18(7-10-5-6-11(25-10)19(23)24)9-3-1-8(2-4-9)12(20)21/h1-6H,7H2,(H,20,21). The van der Waals surface area contributed by atoms with E-state index in [0.717, 1.165) is 36.4 Å². The van der Waals surface area contributed by atoms with Crippen LogP contribution in [0.15, 0.2) is 40.8 Å². The van der Waals surface area contributed by atoms with Crippen LogP contribution in [0.3, 0.4) is 0 Å². The summed E-state index contributed by atoms with van der Waals surface area (Å²) in [7, 11) is 0. The van der Waals surface area contributed by atoms with Gasteiger partial charge in [-0.15, -0.1) is 0 Å². The third-order valence-corrected chi connectivity index (χ3v) is 3.05. The summed E-state index contributed by atoms with van der Waals surface area (Å²) in [5, 5.41) is 19.4. The molecule has 0 atom stereocenters. The summed E-state index contributed by atoms with van der Waals surface area (Å²) in [6.45, 7) is -0.724. The SMILES string of the molecule is O=C(O)c1ccc(N(Cc2ccc([N+](=O)[O-])o2)C(=O)C(F)(F)F)cc1. The lowest BCUT2D eigenvalue weighted by Gasteiger charge is -2.23. The van der Waals surface area contributed by atoms with Gasteiger partial charge in [0.2, 0.25) is 0 Å². The minimum Gasteiger partial charge on any atom is -0.478 e. The molecule has 2 rings (SSSR count). The number of halogens is 3. The summed E-state index contributed by atoms with van der Waals surface area (Å²) in [6.07, 6.45) is -5.20. The van der Waals surface area contributed by atoms with Crippen LogP contribution in [-0.4, -0.2) is 28.1 Å². The molecule has 1 N–H and O–H groups in total. The second-order valence-electron chi connectivity index (χ2n) is 4.74. The highest BCUT2D eigenvalue weighted by molar-refractivity contribution is 5.97. The van der Waals surface area contributed by atoms with Crippen molar-refractivity contribution in [1.82, 2.24) is 0 Å². The van der Waals surface area contributed by atoms with E-state index in [-0.39, 0.29) is 21.9 Å². The molecule has 2 aromatic rings. The van der Waals surface area contributed by atoms with Crippen molar-refractivity contribution in [3.8, 4) is 0 Å². The normalized spacial score (nSPS) is 11.2. The number of carbonyl (C=O) groups excluding carboxylic acids is 1. The minimum atomic E-state index is -5.20. The van der Waals surface area contributed by atoms with Crippen molar-refractivity contribution in [3.63, 3.8) is 0 Å². The first-order valence-electron chi connectivity index (χ1n) is 6.54.